The maximum absolute atomic E-state index is 10.4. The van der Waals surface area contributed by atoms with Crippen LogP contribution in [0.5, 0.6) is 0 Å². The maximum atomic E-state index is 10.4. The van der Waals surface area contributed by atoms with E-state index in [-0.39, 0.29) is 5.69 Å². The fourth-order valence-corrected chi connectivity index (χ4v) is 1.69. The summed E-state index contributed by atoms with van der Waals surface area (Å²) in [7, 11) is 0. The number of rotatable bonds is 2. The molecule has 0 fully saturated rings. The van der Waals surface area contributed by atoms with Crippen LogP contribution >= 0.6 is 11.3 Å². The van der Waals surface area contributed by atoms with Crippen molar-refractivity contribution in [1.29, 1.82) is 0 Å². The molecular weight excluding hydrogens is 218 g/mol. The van der Waals surface area contributed by atoms with E-state index in [0.717, 1.165) is 0 Å². The Morgan fingerprint density at radius 2 is 2.00 bits per heavy atom. The first-order chi connectivity index (χ1) is 7.16. The minimum Gasteiger partial charge on any atom is -0.258 e. The van der Waals surface area contributed by atoms with Gasteiger partial charge in [0.2, 0.25) is 5.82 Å². The van der Waals surface area contributed by atoms with Gasteiger partial charge in [-0.3, -0.25) is 10.1 Å². The predicted molar refractivity (Wildman–Crippen MR) is 52.3 cm³/mol. The number of nitrogens with zero attached hydrogens (tertiary/aromatic N) is 5. The molecule has 0 saturated heterocycles. The first kappa shape index (κ1) is 9.59. The number of aromatic nitrogens is 4. The van der Waals surface area contributed by atoms with Crippen molar-refractivity contribution in [3.8, 4) is 10.7 Å². The van der Waals surface area contributed by atoms with Crippen molar-refractivity contribution in [3.05, 3.63) is 27.4 Å². The first-order valence-corrected chi connectivity index (χ1v) is 4.82. The third-order valence-electron chi connectivity index (χ3n) is 1.60. The van der Waals surface area contributed by atoms with Crippen LogP contribution in [0.4, 0.5) is 5.69 Å². The highest BCUT2D eigenvalue weighted by Gasteiger charge is 2.12. The second-order valence-electron chi connectivity index (χ2n) is 2.70. The molecule has 0 N–H and O–H groups in total. The highest BCUT2D eigenvalue weighted by Crippen LogP contribution is 2.27. The Morgan fingerprint density at radius 3 is 2.53 bits per heavy atom. The molecule has 7 nitrogen and oxygen atoms in total. The summed E-state index contributed by atoms with van der Waals surface area (Å²) in [6.45, 7) is 1.67. The molecule has 76 valence electrons. The summed E-state index contributed by atoms with van der Waals surface area (Å²) in [5, 5.41) is 26.9. The van der Waals surface area contributed by atoms with Gasteiger partial charge in [-0.25, -0.2) is 0 Å². The van der Waals surface area contributed by atoms with Gasteiger partial charge in [-0.15, -0.1) is 31.7 Å². The van der Waals surface area contributed by atoms with E-state index < -0.39 is 4.92 Å². The molecule has 15 heavy (non-hydrogen) atoms. The quantitative estimate of drug-likeness (QED) is 0.561. The number of hydrogen-bond donors (Lipinski definition) is 0. The van der Waals surface area contributed by atoms with E-state index in [9.17, 15) is 10.1 Å². The fourth-order valence-electron chi connectivity index (χ4n) is 0.917. The second kappa shape index (κ2) is 3.65. The van der Waals surface area contributed by atoms with Gasteiger partial charge in [0.05, 0.1) is 15.2 Å². The number of hydrogen-bond acceptors (Lipinski definition) is 7. The minimum atomic E-state index is -0.463. The van der Waals surface area contributed by atoms with E-state index in [4.69, 9.17) is 0 Å². The zero-order valence-electron chi connectivity index (χ0n) is 7.62. The number of nitro groups is 1. The van der Waals surface area contributed by atoms with Gasteiger partial charge >= 0.3 is 0 Å². The number of aryl methyl sites for hydroxylation is 1. The Hall–Kier alpha value is -1.96. The molecule has 0 unspecified atom stereocenters. The van der Waals surface area contributed by atoms with E-state index in [0.29, 0.717) is 16.5 Å². The molecule has 0 amide bonds. The van der Waals surface area contributed by atoms with Crippen molar-refractivity contribution in [2.45, 2.75) is 6.92 Å². The van der Waals surface area contributed by atoms with E-state index >= 15 is 0 Å². The normalized spacial score (nSPS) is 10.2. The van der Waals surface area contributed by atoms with Crippen molar-refractivity contribution >= 4 is 17.0 Å². The smallest absolute Gasteiger partial charge is 0.258 e. The summed E-state index contributed by atoms with van der Waals surface area (Å²) < 4.78 is 0. The fraction of sp³-hybridized carbons (Fsp3) is 0.143. The molecule has 8 heteroatoms. The molecule has 2 rings (SSSR count). The molecule has 0 atom stereocenters. The summed E-state index contributed by atoms with van der Waals surface area (Å²) in [6.07, 6.45) is 0. The summed E-state index contributed by atoms with van der Waals surface area (Å²) >= 11 is 1.19. The van der Waals surface area contributed by atoms with Gasteiger partial charge in [-0.2, -0.15) is 0 Å². The van der Waals surface area contributed by atoms with E-state index in [1.807, 2.05) is 0 Å². The van der Waals surface area contributed by atoms with Gasteiger partial charge in [0.25, 0.3) is 5.69 Å². The minimum absolute atomic E-state index is 0.0270. The predicted octanol–water partition coefficient (Wildman–Crippen LogP) is 1.21. The monoisotopic (exact) mass is 223 g/mol. The van der Waals surface area contributed by atoms with Crippen LogP contribution in [0.3, 0.4) is 0 Å². The van der Waals surface area contributed by atoms with Gasteiger partial charge in [0.1, 0.15) is 0 Å². The molecule has 2 heterocycles. The third-order valence-corrected chi connectivity index (χ3v) is 2.51. The molecule has 2 aromatic heterocycles. The Kier molecular flexibility index (Phi) is 2.34. The molecule has 0 aliphatic carbocycles. The third kappa shape index (κ3) is 1.94. The van der Waals surface area contributed by atoms with Crippen molar-refractivity contribution in [3.63, 3.8) is 0 Å². The zero-order valence-corrected chi connectivity index (χ0v) is 8.43. The van der Waals surface area contributed by atoms with Gasteiger partial charge in [0.15, 0.2) is 5.82 Å². The van der Waals surface area contributed by atoms with Gasteiger partial charge in [-0.05, 0) is 6.92 Å². The van der Waals surface area contributed by atoms with Gasteiger partial charge < -0.3 is 0 Å². The average Bonchev–Trinajstić information content (AvgIpc) is 2.68. The van der Waals surface area contributed by atoms with Crippen LogP contribution < -0.4 is 0 Å². The Morgan fingerprint density at radius 1 is 1.33 bits per heavy atom. The second-order valence-corrected chi connectivity index (χ2v) is 3.61. The van der Waals surface area contributed by atoms with Crippen LogP contribution in [0.15, 0.2) is 11.4 Å². The number of thiophene rings is 1. The average molecular weight is 223 g/mol. The Bertz CT molecular complexity index is 494. The lowest BCUT2D eigenvalue weighted by atomic mass is 10.4. The van der Waals surface area contributed by atoms with Crippen LogP contribution in [0, 0.1) is 17.0 Å². The lowest BCUT2D eigenvalue weighted by Gasteiger charge is -1.91. The largest absolute Gasteiger partial charge is 0.280 e. The Balaban J connectivity index is 2.37. The standard InChI is InChI=1S/C7H5N5O2S/c1-4-8-10-7(11-9-4)6-2-5(3-15-6)12(13)14/h2-3H,1H3. The molecule has 0 radical (unpaired) electrons. The van der Waals surface area contributed by atoms with E-state index in [2.05, 4.69) is 20.4 Å². The topological polar surface area (TPSA) is 94.7 Å². The van der Waals surface area contributed by atoms with E-state index in [1.165, 1.54) is 22.8 Å². The molecule has 0 aliphatic rings. The van der Waals surface area contributed by atoms with Crippen LogP contribution in [0.1, 0.15) is 5.82 Å². The van der Waals surface area contributed by atoms with Crippen LogP contribution in [-0.4, -0.2) is 25.3 Å². The summed E-state index contributed by atoms with van der Waals surface area (Å²) in [5.74, 6) is 0.767. The first-order valence-electron chi connectivity index (χ1n) is 3.94. The lowest BCUT2D eigenvalue weighted by molar-refractivity contribution is -0.384. The van der Waals surface area contributed by atoms with E-state index in [1.54, 1.807) is 6.92 Å². The Labute approximate surface area is 88.0 Å². The highest BCUT2D eigenvalue weighted by atomic mass is 32.1. The van der Waals surface area contributed by atoms with Crippen molar-refractivity contribution in [1.82, 2.24) is 20.4 Å². The molecule has 0 aromatic carbocycles. The molecule has 0 bridgehead atoms. The molecule has 0 saturated carbocycles. The lowest BCUT2D eigenvalue weighted by Crippen LogP contribution is -1.97. The van der Waals surface area contributed by atoms with Gasteiger partial charge in [0, 0.05) is 6.07 Å². The molecule has 0 spiro atoms. The van der Waals surface area contributed by atoms with Crippen LogP contribution in [0.25, 0.3) is 10.7 Å². The van der Waals surface area contributed by atoms with Crippen LogP contribution in [-0.2, 0) is 0 Å². The summed E-state index contributed by atoms with van der Waals surface area (Å²) in [5.41, 5.74) is 0.0270. The van der Waals surface area contributed by atoms with Crippen molar-refractivity contribution < 1.29 is 4.92 Å². The maximum Gasteiger partial charge on any atom is 0.280 e. The zero-order chi connectivity index (χ0) is 10.8. The highest BCUT2D eigenvalue weighted by molar-refractivity contribution is 7.13. The van der Waals surface area contributed by atoms with Gasteiger partial charge in [-0.1, -0.05) is 0 Å². The molecule has 2 aromatic rings. The molecular formula is C7H5N5O2S. The molecule has 0 aliphatic heterocycles. The van der Waals surface area contributed by atoms with Crippen LogP contribution in [0.2, 0.25) is 0 Å². The van der Waals surface area contributed by atoms with Crippen molar-refractivity contribution in [2.24, 2.45) is 0 Å². The SMILES string of the molecule is Cc1nnc(-c2cc([N+](=O)[O-])cs2)nn1. The van der Waals surface area contributed by atoms with Crippen molar-refractivity contribution in [2.75, 3.05) is 0 Å². The summed E-state index contributed by atoms with van der Waals surface area (Å²) in [6, 6.07) is 1.40. The summed E-state index contributed by atoms with van der Waals surface area (Å²) in [4.78, 5) is 10.6.